The molecule has 0 fully saturated rings. The number of oxime groups is 1. The highest BCUT2D eigenvalue weighted by Crippen LogP contribution is 2.29. The predicted octanol–water partition coefficient (Wildman–Crippen LogP) is 4.56. The fourth-order valence-electron chi connectivity index (χ4n) is 3.54. The van der Waals surface area contributed by atoms with E-state index in [1.54, 1.807) is 6.21 Å². The third-order valence-corrected chi connectivity index (χ3v) is 4.86. The van der Waals surface area contributed by atoms with Gasteiger partial charge >= 0.3 is 0 Å². The minimum atomic E-state index is 0.485. The summed E-state index contributed by atoms with van der Waals surface area (Å²) in [4.78, 5) is 14.8. The first-order valence-corrected chi connectivity index (χ1v) is 10.0. The Morgan fingerprint density at radius 2 is 1.86 bits per heavy atom. The van der Waals surface area contributed by atoms with Gasteiger partial charge in [0, 0.05) is 24.8 Å². The average Bonchev–Trinajstić information content (AvgIpc) is 3.11. The molecule has 0 aliphatic carbocycles. The number of para-hydroxylation sites is 1. The van der Waals surface area contributed by atoms with Crippen molar-refractivity contribution in [2.45, 2.75) is 32.7 Å². The maximum absolute atomic E-state index is 6.22. The lowest BCUT2D eigenvalue weighted by atomic mass is 10.2. The van der Waals surface area contributed by atoms with E-state index in [1.165, 1.54) is 0 Å². The van der Waals surface area contributed by atoms with Crippen LogP contribution in [0.1, 0.15) is 31.2 Å². The van der Waals surface area contributed by atoms with Gasteiger partial charge in [-0.3, -0.25) is 0 Å². The standard InChI is InChI=1S/C23H25N5O/c1-2-9-20-27-21-22(18-12-6-7-13-19(18)26-23(21)24)28(20)14-8-15-29-25-16-17-10-4-3-5-11-17/h3-7,10-13,16H,2,8-9,14-15H2,1H3,(H2,24,26). The second-order valence-electron chi connectivity index (χ2n) is 6.97. The molecule has 29 heavy (non-hydrogen) atoms. The Morgan fingerprint density at radius 3 is 2.69 bits per heavy atom. The number of imidazole rings is 1. The summed E-state index contributed by atoms with van der Waals surface area (Å²) in [6.45, 7) is 3.48. The normalized spacial score (nSPS) is 11.6. The fourth-order valence-corrected chi connectivity index (χ4v) is 3.54. The van der Waals surface area contributed by atoms with Crippen LogP contribution in [0.4, 0.5) is 5.82 Å². The van der Waals surface area contributed by atoms with Crippen LogP contribution in [0.2, 0.25) is 0 Å². The van der Waals surface area contributed by atoms with Crippen molar-refractivity contribution in [3.63, 3.8) is 0 Å². The van der Waals surface area contributed by atoms with E-state index in [1.807, 2.05) is 48.5 Å². The molecule has 0 bridgehead atoms. The van der Waals surface area contributed by atoms with Crippen molar-refractivity contribution in [1.29, 1.82) is 0 Å². The molecule has 2 aromatic heterocycles. The molecular formula is C23H25N5O. The summed E-state index contributed by atoms with van der Waals surface area (Å²) < 4.78 is 2.27. The van der Waals surface area contributed by atoms with Crippen molar-refractivity contribution < 1.29 is 4.84 Å². The van der Waals surface area contributed by atoms with E-state index >= 15 is 0 Å². The van der Waals surface area contributed by atoms with Crippen LogP contribution < -0.4 is 5.73 Å². The zero-order valence-corrected chi connectivity index (χ0v) is 16.6. The Labute approximate surface area is 170 Å². The number of nitrogens with zero attached hydrogens (tertiary/aromatic N) is 4. The Hall–Kier alpha value is -3.41. The van der Waals surface area contributed by atoms with Crippen molar-refractivity contribution in [2.24, 2.45) is 5.16 Å². The molecule has 0 aliphatic heterocycles. The molecule has 0 saturated carbocycles. The molecule has 6 heteroatoms. The molecule has 0 aliphatic rings. The van der Waals surface area contributed by atoms with E-state index in [0.29, 0.717) is 12.4 Å². The van der Waals surface area contributed by atoms with Gasteiger partial charge in [0.1, 0.15) is 17.9 Å². The van der Waals surface area contributed by atoms with Gasteiger partial charge in [-0.2, -0.15) is 0 Å². The largest absolute Gasteiger partial charge is 0.396 e. The third kappa shape index (κ3) is 4.06. The highest BCUT2D eigenvalue weighted by Gasteiger charge is 2.16. The maximum Gasteiger partial charge on any atom is 0.152 e. The van der Waals surface area contributed by atoms with Gasteiger partial charge in [-0.25, -0.2) is 9.97 Å². The van der Waals surface area contributed by atoms with Crippen molar-refractivity contribution in [1.82, 2.24) is 14.5 Å². The second-order valence-corrected chi connectivity index (χ2v) is 6.97. The van der Waals surface area contributed by atoms with Crippen molar-refractivity contribution in [3.8, 4) is 0 Å². The molecule has 0 radical (unpaired) electrons. The van der Waals surface area contributed by atoms with Gasteiger partial charge in [0.25, 0.3) is 0 Å². The first-order chi connectivity index (χ1) is 14.3. The number of nitrogens with two attached hydrogens (primary N) is 1. The molecule has 4 aromatic rings. The van der Waals surface area contributed by atoms with E-state index in [2.05, 4.69) is 27.7 Å². The number of hydrogen-bond acceptors (Lipinski definition) is 5. The van der Waals surface area contributed by atoms with Crippen LogP contribution >= 0.6 is 0 Å². The molecule has 2 N–H and O–H groups in total. The molecule has 2 heterocycles. The topological polar surface area (TPSA) is 78.3 Å². The number of aromatic nitrogens is 3. The average molecular weight is 387 g/mol. The lowest BCUT2D eigenvalue weighted by Crippen LogP contribution is -2.06. The summed E-state index contributed by atoms with van der Waals surface area (Å²) in [7, 11) is 0. The Kier molecular flexibility index (Phi) is 5.70. The molecule has 0 unspecified atom stereocenters. The summed E-state index contributed by atoms with van der Waals surface area (Å²) in [5.74, 6) is 1.53. The number of pyridine rings is 1. The number of hydrogen-bond donors (Lipinski definition) is 1. The molecule has 2 aromatic carbocycles. The third-order valence-electron chi connectivity index (χ3n) is 4.86. The highest BCUT2D eigenvalue weighted by molar-refractivity contribution is 6.06. The molecule has 0 spiro atoms. The molecule has 0 amide bonds. The minimum absolute atomic E-state index is 0.485. The molecule has 0 atom stereocenters. The summed E-state index contributed by atoms with van der Waals surface area (Å²) in [5.41, 5.74) is 9.98. The van der Waals surface area contributed by atoms with Gasteiger partial charge in [0.2, 0.25) is 0 Å². The predicted molar refractivity (Wildman–Crippen MR) is 118 cm³/mol. The quantitative estimate of drug-likeness (QED) is 0.273. The smallest absolute Gasteiger partial charge is 0.152 e. The number of nitrogen functional groups attached to an aromatic ring is 1. The number of aryl methyl sites for hydroxylation is 2. The first-order valence-electron chi connectivity index (χ1n) is 10.0. The lowest BCUT2D eigenvalue weighted by molar-refractivity contribution is 0.140. The fraction of sp³-hybridized carbons (Fsp3) is 0.261. The minimum Gasteiger partial charge on any atom is -0.396 e. The SMILES string of the molecule is CCCc1nc2c(N)nc3ccccc3c2n1CCCON=Cc1ccccc1. The first kappa shape index (κ1) is 18.9. The van der Waals surface area contributed by atoms with E-state index < -0.39 is 0 Å². The highest BCUT2D eigenvalue weighted by atomic mass is 16.6. The maximum atomic E-state index is 6.22. The summed E-state index contributed by atoms with van der Waals surface area (Å²) >= 11 is 0. The number of anilines is 1. The van der Waals surface area contributed by atoms with E-state index in [9.17, 15) is 0 Å². The van der Waals surface area contributed by atoms with Crippen LogP contribution in [-0.4, -0.2) is 27.4 Å². The zero-order chi connectivity index (χ0) is 20.1. The van der Waals surface area contributed by atoms with Crippen LogP contribution in [-0.2, 0) is 17.8 Å². The van der Waals surface area contributed by atoms with Crippen LogP contribution in [0.25, 0.3) is 21.9 Å². The van der Waals surface area contributed by atoms with Crippen LogP contribution in [0.5, 0.6) is 0 Å². The van der Waals surface area contributed by atoms with E-state index in [-0.39, 0.29) is 0 Å². The molecule has 0 saturated heterocycles. The van der Waals surface area contributed by atoms with Crippen molar-refractivity contribution in [3.05, 3.63) is 66.0 Å². The van der Waals surface area contributed by atoms with Gasteiger partial charge in [0.15, 0.2) is 5.82 Å². The van der Waals surface area contributed by atoms with Crippen LogP contribution in [0, 0.1) is 0 Å². The number of rotatable bonds is 8. The van der Waals surface area contributed by atoms with Crippen molar-refractivity contribution >= 4 is 34.0 Å². The van der Waals surface area contributed by atoms with Gasteiger partial charge in [-0.1, -0.05) is 60.6 Å². The van der Waals surface area contributed by atoms with Crippen LogP contribution in [0.15, 0.2) is 59.8 Å². The van der Waals surface area contributed by atoms with Crippen molar-refractivity contribution in [2.75, 3.05) is 12.3 Å². The molecule has 4 rings (SSSR count). The van der Waals surface area contributed by atoms with Crippen LogP contribution in [0.3, 0.4) is 0 Å². The summed E-state index contributed by atoms with van der Waals surface area (Å²) in [5, 5.41) is 5.14. The van der Waals surface area contributed by atoms with Gasteiger partial charge in [0.05, 0.1) is 17.2 Å². The van der Waals surface area contributed by atoms with E-state index in [0.717, 1.165) is 59.1 Å². The summed E-state index contributed by atoms with van der Waals surface area (Å²) in [6, 6.07) is 18.0. The monoisotopic (exact) mass is 387 g/mol. The number of benzene rings is 2. The Bertz CT molecular complexity index is 1130. The zero-order valence-electron chi connectivity index (χ0n) is 16.6. The summed E-state index contributed by atoms with van der Waals surface area (Å²) in [6.07, 6.45) is 4.47. The molecular weight excluding hydrogens is 362 g/mol. The Morgan fingerprint density at radius 1 is 1.07 bits per heavy atom. The second kappa shape index (κ2) is 8.73. The van der Waals surface area contributed by atoms with E-state index in [4.69, 9.17) is 15.6 Å². The Balaban J connectivity index is 1.54. The van der Waals surface area contributed by atoms with Gasteiger partial charge < -0.3 is 15.1 Å². The van der Waals surface area contributed by atoms with Gasteiger partial charge in [-0.05, 0) is 18.1 Å². The number of fused-ring (bicyclic) bond motifs is 3. The molecule has 148 valence electrons. The lowest BCUT2D eigenvalue weighted by Gasteiger charge is -2.10. The van der Waals surface area contributed by atoms with Gasteiger partial charge in [-0.15, -0.1) is 0 Å². The molecule has 6 nitrogen and oxygen atoms in total.